The van der Waals surface area contributed by atoms with Crippen LogP contribution in [0.5, 0.6) is 5.75 Å². The van der Waals surface area contributed by atoms with Crippen LogP contribution in [0.4, 0.5) is 40.2 Å². The van der Waals surface area contributed by atoms with Gasteiger partial charge in [0.1, 0.15) is 24.4 Å². The largest absolute Gasteiger partial charge is 0.494 e. The number of methoxy groups -OCH3 is 1. The number of hydrogen-bond donors (Lipinski definition) is 2. The number of benzene rings is 2. The monoisotopic (exact) mass is 679 g/mol. The molecule has 0 radical (unpaired) electrons. The van der Waals surface area contributed by atoms with Crippen molar-refractivity contribution in [2.45, 2.75) is 6.92 Å². The number of morpholine rings is 1. The summed E-state index contributed by atoms with van der Waals surface area (Å²) in [5.41, 5.74) is 5.31. The lowest BCUT2D eigenvalue weighted by Crippen LogP contribution is -2.36. The third kappa shape index (κ3) is 6.54. The van der Waals surface area contributed by atoms with Crippen LogP contribution in [0.2, 0.25) is 0 Å². The zero-order chi connectivity index (χ0) is 31.4. The SMILES string of the molecule is C=Nc1ccc(Nc2nc(Nc3cc(-c4ccnn4C)c(N4CCOCC4)cc3OC)ncc2Br)c(P(C)(C)=O)c1/N=C\C. The van der Waals surface area contributed by atoms with Crippen molar-refractivity contribution in [1.82, 2.24) is 19.7 Å². The minimum Gasteiger partial charge on any atom is -0.494 e. The van der Waals surface area contributed by atoms with Crippen molar-refractivity contribution in [3.05, 3.63) is 47.2 Å². The Balaban J connectivity index is 1.55. The maximum absolute atomic E-state index is 13.5. The van der Waals surface area contributed by atoms with E-state index in [1.165, 1.54) is 0 Å². The third-order valence-corrected chi connectivity index (χ3v) is 9.22. The topological polar surface area (TPSA) is 131 Å². The summed E-state index contributed by atoms with van der Waals surface area (Å²) in [5, 5.41) is 11.6. The van der Waals surface area contributed by atoms with Crippen molar-refractivity contribution < 1.29 is 14.0 Å². The van der Waals surface area contributed by atoms with Gasteiger partial charge in [-0.1, -0.05) is 0 Å². The minimum atomic E-state index is -2.82. The van der Waals surface area contributed by atoms with Crippen LogP contribution in [0.3, 0.4) is 0 Å². The first-order valence-corrected chi connectivity index (χ1v) is 17.3. The number of nitrogens with one attached hydrogen (secondary N) is 2. The summed E-state index contributed by atoms with van der Waals surface area (Å²) in [6, 6.07) is 9.62. The number of halogens is 1. The predicted molar refractivity (Wildman–Crippen MR) is 183 cm³/mol. The van der Waals surface area contributed by atoms with E-state index in [-0.39, 0.29) is 0 Å². The Morgan fingerprint density at radius 1 is 1.16 bits per heavy atom. The van der Waals surface area contributed by atoms with Crippen LogP contribution < -0.4 is 25.6 Å². The molecule has 3 heterocycles. The van der Waals surface area contributed by atoms with E-state index in [0.717, 1.165) is 30.0 Å². The Labute approximate surface area is 265 Å². The summed E-state index contributed by atoms with van der Waals surface area (Å²) in [7, 11) is 0.735. The molecule has 4 aromatic rings. The first kappa shape index (κ1) is 31.4. The van der Waals surface area contributed by atoms with Gasteiger partial charge in [-0.25, -0.2) is 4.98 Å². The van der Waals surface area contributed by atoms with Crippen LogP contribution in [0, 0.1) is 0 Å². The maximum atomic E-state index is 13.5. The molecular formula is C30H35BrN9O3P. The molecule has 2 N–H and O–H groups in total. The van der Waals surface area contributed by atoms with Gasteiger partial charge in [0.25, 0.3) is 0 Å². The average Bonchev–Trinajstić information content (AvgIpc) is 3.44. The highest BCUT2D eigenvalue weighted by molar-refractivity contribution is 9.10. The smallest absolute Gasteiger partial charge is 0.229 e. The molecule has 12 nitrogen and oxygen atoms in total. The fourth-order valence-corrected chi connectivity index (χ4v) is 6.79. The maximum Gasteiger partial charge on any atom is 0.229 e. The van der Waals surface area contributed by atoms with E-state index < -0.39 is 7.14 Å². The molecule has 0 atom stereocenters. The quantitative estimate of drug-likeness (QED) is 0.147. The fraction of sp³-hybridized carbons (Fsp3) is 0.300. The molecule has 0 bridgehead atoms. The highest BCUT2D eigenvalue weighted by Crippen LogP contribution is 2.46. The van der Waals surface area contributed by atoms with Gasteiger partial charge in [0.05, 0.1) is 58.5 Å². The van der Waals surface area contributed by atoms with Crippen LogP contribution in [-0.2, 0) is 16.3 Å². The summed E-state index contributed by atoms with van der Waals surface area (Å²) in [5.74, 6) is 1.44. The first-order chi connectivity index (χ1) is 21.1. The fourth-order valence-electron chi connectivity index (χ4n) is 5.11. The van der Waals surface area contributed by atoms with E-state index in [1.54, 1.807) is 52.0 Å². The normalized spacial score (nSPS) is 13.7. The molecule has 1 fully saturated rings. The molecule has 1 aliphatic rings. The van der Waals surface area contributed by atoms with Crippen LogP contribution in [-0.4, -0.2) is 79.4 Å². The second kappa shape index (κ2) is 13.3. The van der Waals surface area contributed by atoms with Gasteiger partial charge in [-0.15, -0.1) is 0 Å². The van der Waals surface area contributed by atoms with Crippen molar-refractivity contribution >= 4 is 81.5 Å². The highest BCUT2D eigenvalue weighted by atomic mass is 79.9. The molecule has 230 valence electrons. The standard InChI is InChI=1S/C30H35BrN9O3P/c1-7-33-27-21(32-2)8-9-22(28(27)44(5,6)41)36-29-20(31)18-34-30(38-29)37-23-16-19(24-10-11-35-39(24)3)25(17-26(23)42-4)40-12-14-43-15-13-40/h7-11,16-18H,2,12-15H2,1,3-6H3,(H2,34,36,37,38)/b33-7-. The zero-order valence-electron chi connectivity index (χ0n) is 25.3. The Morgan fingerprint density at radius 3 is 2.57 bits per heavy atom. The highest BCUT2D eigenvalue weighted by Gasteiger charge is 2.25. The molecule has 0 aliphatic carbocycles. The Morgan fingerprint density at radius 2 is 1.93 bits per heavy atom. The van der Waals surface area contributed by atoms with Crippen molar-refractivity contribution in [3.8, 4) is 17.0 Å². The molecule has 2 aromatic carbocycles. The molecule has 1 saturated heterocycles. The Kier molecular flexibility index (Phi) is 9.48. The molecule has 0 amide bonds. The third-order valence-electron chi connectivity index (χ3n) is 7.11. The number of aliphatic imine (C=N–C) groups is 2. The molecule has 44 heavy (non-hydrogen) atoms. The number of ether oxygens (including phenoxy) is 2. The van der Waals surface area contributed by atoms with E-state index in [4.69, 9.17) is 14.5 Å². The number of aromatic nitrogens is 4. The molecule has 5 rings (SSSR count). The second-order valence-electron chi connectivity index (χ2n) is 10.4. The summed E-state index contributed by atoms with van der Waals surface area (Å²) < 4.78 is 27.4. The van der Waals surface area contributed by atoms with E-state index in [0.29, 0.717) is 63.3 Å². The summed E-state index contributed by atoms with van der Waals surface area (Å²) in [4.78, 5) is 20.1. The van der Waals surface area contributed by atoms with E-state index >= 15 is 0 Å². The lowest BCUT2D eigenvalue weighted by molar-refractivity contribution is 0.122. The number of rotatable bonds is 10. The van der Waals surface area contributed by atoms with Crippen molar-refractivity contribution in [2.24, 2.45) is 17.0 Å². The molecule has 1 aliphatic heterocycles. The first-order valence-electron chi connectivity index (χ1n) is 13.9. The van der Waals surface area contributed by atoms with Crippen molar-refractivity contribution in [3.63, 3.8) is 0 Å². The molecule has 2 aromatic heterocycles. The average molecular weight is 681 g/mol. The van der Waals surface area contributed by atoms with Gasteiger partial charge in [-0.05, 0) is 67.2 Å². The van der Waals surface area contributed by atoms with Gasteiger partial charge >= 0.3 is 0 Å². The predicted octanol–water partition coefficient (Wildman–Crippen LogP) is 6.27. The van der Waals surface area contributed by atoms with E-state index in [2.05, 4.69) is 58.2 Å². The van der Waals surface area contributed by atoms with Gasteiger partial charge in [0, 0.05) is 50.4 Å². The van der Waals surface area contributed by atoms with Gasteiger partial charge in [-0.2, -0.15) is 10.1 Å². The summed E-state index contributed by atoms with van der Waals surface area (Å²) in [6.45, 7) is 11.7. The number of anilines is 5. The molecule has 0 unspecified atom stereocenters. The van der Waals surface area contributed by atoms with Crippen molar-refractivity contribution in [1.29, 1.82) is 0 Å². The Hall–Kier alpha value is -4.06. The van der Waals surface area contributed by atoms with E-state index in [1.807, 2.05) is 36.0 Å². The Bertz CT molecular complexity index is 1760. The van der Waals surface area contributed by atoms with Gasteiger partial charge in [0.15, 0.2) is 0 Å². The van der Waals surface area contributed by atoms with Gasteiger partial charge in [-0.3, -0.25) is 14.7 Å². The van der Waals surface area contributed by atoms with Crippen molar-refractivity contribution in [2.75, 3.05) is 62.3 Å². The van der Waals surface area contributed by atoms with Crippen LogP contribution in [0.25, 0.3) is 11.3 Å². The second-order valence-corrected chi connectivity index (χ2v) is 14.4. The molecule has 14 heteroatoms. The van der Waals surface area contributed by atoms with Gasteiger partial charge in [0.2, 0.25) is 5.95 Å². The number of aryl methyl sites for hydroxylation is 1. The summed E-state index contributed by atoms with van der Waals surface area (Å²) in [6.07, 6.45) is 5.07. The van der Waals surface area contributed by atoms with Gasteiger partial charge < -0.3 is 29.6 Å². The number of hydrogen-bond acceptors (Lipinski definition) is 11. The molecule has 0 saturated carbocycles. The van der Waals surface area contributed by atoms with Crippen LogP contribution in [0.15, 0.2) is 57.2 Å². The molecular weight excluding hydrogens is 645 g/mol. The number of nitrogens with zero attached hydrogens (tertiary/aromatic N) is 7. The molecule has 0 spiro atoms. The van der Waals surface area contributed by atoms with Crippen LogP contribution >= 0.6 is 23.1 Å². The lowest BCUT2D eigenvalue weighted by Gasteiger charge is -2.31. The minimum absolute atomic E-state index is 0.331. The zero-order valence-corrected chi connectivity index (χ0v) is 27.8. The van der Waals surface area contributed by atoms with E-state index in [9.17, 15) is 4.57 Å². The lowest BCUT2D eigenvalue weighted by atomic mass is 10.1. The van der Waals surface area contributed by atoms with Crippen LogP contribution in [0.1, 0.15) is 6.92 Å². The summed E-state index contributed by atoms with van der Waals surface area (Å²) >= 11 is 3.56.